The Balaban J connectivity index is 2.03. The molecule has 2 heterocycles. The minimum Gasteiger partial charge on any atom is -0.296 e. The minimum absolute atomic E-state index is 0.832. The summed E-state index contributed by atoms with van der Waals surface area (Å²) in [5.41, 5.74) is 0. The Morgan fingerprint density at radius 3 is 2.85 bits per heavy atom. The molecule has 0 saturated carbocycles. The Morgan fingerprint density at radius 1 is 1.38 bits per heavy atom. The molecule has 1 aliphatic rings. The van der Waals surface area contributed by atoms with Crippen molar-refractivity contribution in [2.75, 3.05) is 13.1 Å². The van der Waals surface area contributed by atoms with Gasteiger partial charge in [0, 0.05) is 6.20 Å². The van der Waals surface area contributed by atoms with Gasteiger partial charge >= 0.3 is 0 Å². The molecule has 0 amide bonds. The van der Waals surface area contributed by atoms with Crippen molar-refractivity contribution < 1.29 is 0 Å². The predicted molar refractivity (Wildman–Crippen MR) is 48.7 cm³/mol. The van der Waals surface area contributed by atoms with Gasteiger partial charge < -0.3 is 0 Å². The lowest BCUT2D eigenvalue weighted by Crippen LogP contribution is -2.20. The Kier molecular flexibility index (Phi) is 2.35. The van der Waals surface area contributed by atoms with Gasteiger partial charge in [-0.15, -0.1) is 5.10 Å². The van der Waals surface area contributed by atoms with E-state index in [9.17, 15) is 0 Å². The van der Waals surface area contributed by atoms with E-state index in [0.717, 1.165) is 25.5 Å². The summed E-state index contributed by atoms with van der Waals surface area (Å²) in [5.74, 6) is 0.872. The fraction of sp³-hybridized carbons (Fsp3) is 0.625. The van der Waals surface area contributed by atoms with Crippen LogP contribution in [0.2, 0.25) is 0 Å². The fourth-order valence-corrected chi connectivity index (χ4v) is 1.60. The Bertz CT molecular complexity index is 286. The Labute approximate surface area is 77.0 Å². The van der Waals surface area contributed by atoms with E-state index in [2.05, 4.69) is 27.0 Å². The third kappa shape index (κ3) is 1.75. The molecule has 0 atom stereocenters. The van der Waals surface area contributed by atoms with Crippen LogP contribution in [-0.4, -0.2) is 38.2 Å². The summed E-state index contributed by atoms with van der Waals surface area (Å²) in [6.07, 6.45) is 4.21. The van der Waals surface area contributed by atoms with Crippen LogP contribution in [0.15, 0.2) is 6.58 Å². The van der Waals surface area contributed by atoms with Gasteiger partial charge in [0.2, 0.25) is 0 Å². The van der Waals surface area contributed by atoms with Crippen molar-refractivity contribution in [3.8, 4) is 0 Å². The second-order valence-corrected chi connectivity index (χ2v) is 3.21. The van der Waals surface area contributed by atoms with E-state index < -0.39 is 0 Å². The van der Waals surface area contributed by atoms with E-state index in [1.807, 2.05) is 0 Å². The first-order chi connectivity index (χ1) is 6.40. The van der Waals surface area contributed by atoms with Crippen molar-refractivity contribution in [3.63, 3.8) is 0 Å². The number of aromatic nitrogens is 4. The maximum absolute atomic E-state index is 3.94. The van der Waals surface area contributed by atoms with Crippen molar-refractivity contribution in [1.82, 2.24) is 25.1 Å². The fourth-order valence-electron chi connectivity index (χ4n) is 1.60. The Hall–Kier alpha value is -1.23. The van der Waals surface area contributed by atoms with E-state index >= 15 is 0 Å². The van der Waals surface area contributed by atoms with Gasteiger partial charge in [0.25, 0.3) is 0 Å². The van der Waals surface area contributed by atoms with Crippen molar-refractivity contribution in [2.45, 2.75) is 19.4 Å². The highest BCUT2D eigenvalue weighted by atomic mass is 15.5. The quantitative estimate of drug-likeness (QED) is 0.672. The highest BCUT2D eigenvalue weighted by Crippen LogP contribution is 2.10. The van der Waals surface area contributed by atoms with Crippen LogP contribution in [0.4, 0.5) is 0 Å². The van der Waals surface area contributed by atoms with Gasteiger partial charge in [-0.1, -0.05) is 6.58 Å². The lowest BCUT2D eigenvalue weighted by molar-refractivity contribution is 0.320. The van der Waals surface area contributed by atoms with Crippen molar-refractivity contribution in [1.29, 1.82) is 0 Å². The van der Waals surface area contributed by atoms with Gasteiger partial charge in [-0.05, 0) is 36.4 Å². The monoisotopic (exact) mass is 179 g/mol. The SMILES string of the molecule is C=Cn1nnnc1CN1CCCC1. The van der Waals surface area contributed by atoms with Gasteiger partial charge in [-0.3, -0.25) is 4.90 Å². The third-order valence-corrected chi connectivity index (χ3v) is 2.30. The molecular formula is C8H13N5. The zero-order valence-electron chi connectivity index (χ0n) is 7.56. The second-order valence-electron chi connectivity index (χ2n) is 3.21. The van der Waals surface area contributed by atoms with Crippen LogP contribution in [0.25, 0.3) is 6.20 Å². The summed E-state index contributed by atoms with van der Waals surface area (Å²) in [5, 5.41) is 11.3. The van der Waals surface area contributed by atoms with Crippen molar-refractivity contribution in [3.05, 3.63) is 12.4 Å². The molecule has 5 nitrogen and oxygen atoms in total. The summed E-state index contributed by atoms with van der Waals surface area (Å²) in [6.45, 7) is 6.79. The first-order valence-corrected chi connectivity index (χ1v) is 4.52. The van der Waals surface area contributed by atoms with Gasteiger partial charge in [0.05, 0.1) is 6.54 Å². The standard InChI is InChI=1S/C8H13N5/c1-2-13-8(9-10-11-13)7-12-5-3-4-6-12/h2H,1,3-7H2. The largest absolute Gasteiger partial charge is 0.296 e. The molecule has 1 aliphatic heterocycles. The molecule has 1 aromatic heterocycles. The first kappa shape index (κ1) is 8.37. The number of hydrogen-bond acceptors (Lipinski definition) is 4. The molecule has 0 aliphatic carbocycles. The number of nitrogens with zero attached hydrogens (tertiary/aromatic N) is 5. The topological polar surface area (TPSA) is 46.8 Å². The maximum Gasteiger partial charge on any atom is 0.169 e. The molecule has 5 heteroatoms. The van der Waals surface area contributed by atoms with Crippen LogP contribution >= 0.6 is 0 Å². The molecule has 1 saturated heterocycles. The van der Waals surface area contributed by atoms with E-state index in [-0.39, 0.29) is 0 Å². The molecule has 0 radical (unpaired) electrons. The lowest BCUT2D eigenvalue weighted by atomic mass is 10.4. The van der Waals surface area contributed by atoms with Gasteiger partial charge in [-0.2, -0.15) is 0 Å². The molecule has 1 fully saturated rings. The van der Waals surface area contributed by atoms with Gasteiger partial charge in [0.15, 0.2) is 5.82 Å². The zero-order chi connectivity index (χ0) is 9.10. The molecule has 0 unspecified atom stereocenters. The minimum atomic E-state index is 0.832. The van der Waals surface area contributed by atoms with Crippen molar-refractivity contribution >= 4 is 6.20 Å². The third-order valence-electron chi connectivity index (χ3n) is 2.30. The number of hydrogen-bond donors (Lipinski definition) is 0. The first-order valence-electron chi connectivity index (χ1n) is 4.52. The van der Waals surface area contributed by atoms with Crippen molar-refractivity contribution in [2.24, 2.45) is 0 Å². The number of tetrazole rings is 1. The normalized spacial score (nSPS) is 17.8. The summed E-state index contributed by atoms with van der Waals surface area (Å²) in [7, 11) is 0. The average molecular weight is 179 g/mol. The predicted octanol–water partition coefficient (Wildman–Crippen LogP) is 0.369. The van der Waals surface area contributed by atoms with Gasteiger partial charge in [-0.25, -0.2) is 4.68 Å². The van der Waals surface area contributed by atoms with Crippen LogP contribution in [0.3, 0.4) is 0 Å². The molecular weight excluding hydrogens is 166 g/mol. The molecule has 0 N–H and O–H groups in total. The highest BCUT2D eigenvalue weighted by Gasteiger charge is 2.14. The highest BCUT2D eigenvalue weighted by molar-refractivity contribution is 5.14. The van der Waals surface area contributed by atoms with E-state index in [4.69, 9.17) is 0 Å². The van der Waals surface area contributed by atoms with E-state index in [1.165, 1.54) is 12.8 Å². The van der Waals surface area contributed by atoms with E-state index in [1.54, 1.807) is 10.9 Å². The van der Waals surface area contributed by atoms with E-state index in [0.29, 0.717) is 0 Å². The lowest BCUT2D eigenvalue weighted by Gasteiger charge is -2.12. The molecule has 0 bridgehead atoms. The van der Waals surface area contributed by atoms with Crippen LogP contribution < -0.4 is 0 Å². The maximum atomic E-state index is 3.94. The smallest absolute Gasteiger partial charge is 0.169 e. The summed E-state index contributed by atoms with van der Waals surface area (Å²) < 4.78 is 1.62. The number of likely N-dealkylation sites (tertiary alicyclic amines) is 1. The number of rotatable bonds is 3. The molecule has 1 aromatic rings. The summed E-state index contributed by atoms with van der Waals surface area (Å²) >= 11 is 0. The molecule has 2 rings (SSSR count). The van der Waals surface area contributed by atoms with Crippen LogP contribution in [0.1, 0.15) is 18.7 Å². The van der Waals surface area contributed by atoms with Crippen LogP contribution in [0, 0.1) is 0 Å². The molecule has 13 heavy (non-hydrogen) atoms. The molecule has 0 aromatic carbocycles. The average Bonchev–Trinajstić information content (AvgIpc) is 2.76. The molecule has 0 spiro atoms. The Morgan fingerprint density at radius 2 is 2.15 bits per heavy atom. The second kappa shape index (κ2) is 3.66. The van der Waals surface area contributed by atoms with Crippen LogP contribution in [0.5, 0.6) is 0 Å². The van der Waals surface area contributed by atoms with Crippen LogP contribution in [-0.2, 0) is 6.54 Å². The van der Waals surface area contributed by atoms with Gasteiger partial charge in [0.1, 0.15) is 0 Å². The summed E-state index contributed by atoms with van der Waals surface area (Å²) in [4.78, 5) is 2.35. The summed E-state index contributed by atoms with van der Waals surface area (Å²) in [6, 6.07) is 0. The zero-order valence-corrected chi connectivity index (χ0v) is 7.56. The molecule has 70 valence electrons.